The lowest BCUT2D eigenvalue weighted by Crippen LogP contribution is -2.38. The Hall–Kier alpha value is -2.03. The van der Waals surface area contributed by atoms with Gasteiger partial charge < -0.3 is 4.74 Å². The van der Waals surface area contributed by atoms with Gasteiger partial charge in [-0.25, -0.2) is 0 Å². The number of rotatable bonds is 0. The lowest BCUT2D eigenvalue weighted by Gasteiger charge is -2.37. The van der Waals surface area contributed by atoms with Crippen molar-refractivity contribution in [2.75, 3.05) is 0 Å². The largest absolute Gasteiger partial charge is 0.482 e. The van der Waals surface area contributed by atoms with Crippen LogP contribution in [0.4, 0.5) is 5.69 Å². The maximum atomic E-state index is 11.2. The van der Waals surface area contributed by atoms with Crippen LogP contribution >= 0.6 is 0 Å². The summed E-state index contributed by atoms with van der Waals surface area (Å²) in [7, 11) is 0. The zero-order valence-corrected chi connectivity index (χ0v) is 16.9. The Morgan fingerprint density at radius 3 is 2.52 bits per heavy atom. The minimum atomic E-state index is -0.140. The fourth-order valence-electron chi connectivity index (χ4n) is 6.01. The smallest absolute Gasteiger partial charge is 0.276 e. The summed E-state index contributed by atoms with van der Waals surface area (Å²) in [6, 6.07) is 4.25. The van der Waals surface area contributed by atoms with Crippen LogP contribution in [0, 0.1) is 10.8 Å². The van der Waals surface area contributed by atoms with Crippen molar-refractivity contribution < 1.29 is 14.7 Å². The number of fused-ring (bicyclic) bond motifs is 5. The maximum absolute atomic E-state index is 11.2. The Morgan fingerprint density at radius 1 is 1.04 bits per heavy atom. The highest BCUT2D eigenvalue weighted by Crippen LogP contribution is 2.53. The molecule has 1 saturated carbocycles. The van der Waals surface area contributed by atoms with E-state index in [2.05, 4.69) is 58.1 Å². The van der Waals surface area contributed by atoms with E-state index >= 15 is 0 Å². The predicted octanol–water partition coefficient (Wildman–Crippen LogP) is 6.12. The summed E-state index contributed by atoms with van der Waals surface area (Å²) < 4.78 is 7.97. The highest BCUT2D eigenvalue weighted by Gasteiger charge is 2.52. The number of hydrogen-bond acceptors (Lipinski definition) is 2. The molecule has 2 aliphatic heterocycles. The predicted molar refractivity (Wildman–Crippen MR) is 109 cm³/mol. The van der Waals surface area contributed by atoms with E-state index in [1.807, 2.05) is 0 Å². The Balaban J connectivity index is 1.68. The van der Waals surface area contributed by atoms with Crippen molar-refractivity contribution in [3.63, 3.8) is 0 Å². The Morgan fingerprint density at radius 2 is 1.78 bits per heavy atom. The number of hydrogen-bond donors (Lipinski definition) is 1. The summed E-state index contributed by atoms with van der Waals surface area (Å²) >= 11 is 0. The van der Waals surface area contributed by atoms with Gasteiger partial charge in [0.25, 0.3) is 5.69 Å². The van der Waals surface area contributed by atoms with Crippen molar-refractivity contribution in [2.24, 2.45) is 10.8 Å². The first-order valence-corrected chi connectivity index (χ1v) is 10.4. The highest BCUT2D eigenvalue weighted by molar-refractivity contribution is 6.28. The number of nitrogens with zero attached hydrogens (tertiary/aromatic N) is 1. The molecule has 0 aromatic heterocycles. The summed E-state index contributed by atoms with van der Waals surface area (Å²) in [6.45, 7) is 9.04. The van der Waals surface area contributed by atoms with Crippen molar-refractivity contribution in [1.29, 1.82) is 0 Å². The maximum Gasteiger partial charge on any atom is 0.276 e. The van der Waals surface area contributed by atoms with Gasteiger partial charge in [0.05, 0.1) is 22.1 Å². The molecular weight excluding hydrogens is 334 g/mol. The van der Waals surface area contributed by atoms with E-state index in [0.29, 0.717) is 0 Å². The summed E-state index contributed by atoms with van der Waals surface area (Å²) in [5.41, 5.74) is 5.12. The molecule has 3 heteroatoms. The quantitative estimate of drug-likeness (QED) is 0.444. The zero-order valence-electron chi connectivity index (χ0n) is 16.9. The second kappa shape index (κ2) is 5.27. The van der Waals surface area contributed by atoms with Crippen molar-refractivity contribution in [1.82, 2.24) is 0 Å². The van der Waals surface area contributed by atoms with Gasteiger partial charge in [0.15, 0.2) is 0 Å². The number of benzene rings is 1. The van der Waals surface area contributed by atoms with Crippen LogP contribution < -0.4 is 4.74 Å². The minimum absolute atomic E-state index is 0.0853. The Labute approximate surface area is 162 Å². The summed E-state index contributed by atoms with van der Waals surface area (Å²) in [5.74, 6) is 0.911. The topological polar surface area (TPSA) is 32.5 Å². The lowest BCUT2D eigenvalue weighted by atomic mass is 9.65. The van der Waals surface area contributed by atoms with Gasteiger partial charge in [0.2, 0.25) is 5.71 Å². The lowest BCUT2D eigenvalue weighted by molar-refractivity contribution is -0.712. The van der Waals surface area contributed by atoms with Crippen LogP contribution in [0.5, 0.6) is 5.75 Å². The van der Waals surface area contributed by atoms with Crippen molar-refractivity contribution in [3.8, 4) is 5.75 Å². The average Bonchev–Trinajstić information content (AvgIpc) is 2.86. The molecule has 1 fully saturated rings. The molecule has 1 N–H and O–H groups in total. The molecule has 142 valence electrons. The standard InChI is InChI=1S/C24H30NO2/c1-22(2)14-18-16-8-9-19-17(10-13-24(27-19)11-6-5-7-12-24)20(16)25(26)21(18)23(3,4)15-22/h8-10,13-14,26H,5-7,11-12,15H2,1-4H3/q+1. The molecule has 5 rings (SSSR count). The normalized spacial score (nSPS) is 26.1. The van der Waals surface area contributed by atoms with Crippen molar-refractivity contribution >= 4 is 23.0 Å². The van der Waals surface area contributed by atoms with Gasteiger partial charge in [-0.05, 0) is 75.7 Å². The molecule has 1 aromatic rings. The van der Waals surface area contributed by atoms with Crippen molar-refractivity contribution in [3.05, 3.63) is 35.4 Å². The molecule has 1 spiro atoms. The number of ether oxygens (including phenoxy) is 1. The number of allylic oxidation sites excluding steroid dienone is 2. The van der Waals surface area contributed by atoms with Gasteiger partial charge in [-0.1, -0.05) is 26.3 Å². The molecule has 0 saturated heterocycles. The molecule has 0 amide bonds. The SMILES string of the molecule is CC1(C)C=C2C(=[N+](O)c3c2ccc2c3C=CC3(CCCCC3)O2)C(C)(C)C1. The van der Waals surface area contributed by atoms with Crippen LogP contribution in [0.25, 0.3) is 11.6 Å². The molecule has 0 unspecified atom stereocenters. The van der Waals surface area contributed by atoms with E-state index in [4.69, 9.17) is 4.74 Å². The summed E-state index contributed by atoms with van der Waals surface area (Å²) in [6.07, 6.45) is 13.7. The molecule has 0 bridgehead atoms. The van der Waals surface area contributed by atoms with Gasteiger partial charge in [-0.3, -0.25) is 5.21 Å². The minimum Gasteiger partial charge on any atom is -0.482 e. The molecule has 0 atom stereocenters. The fraction of sp³-hybridized carbons (Fsp3) is 0.542. The first-order valence-electron chi connectivity index (χ1n) is 10.4. The highest BCUT2D eigenvalue weighted by atomic mass is 16.5. The fourth-order valence-corrected chi connectivity index (χ4v) is 6.01. The van der Waals surface area contributed by atoms with Gasteiger partial charge in [-0.15, -0.1) is 0 Å². The average molecular weight is 365 g/mol. The van der Waals surface area contributed by atoms with Crippen LogP contribution in [0.15, 0.2) is 24.3 Å². The van der Waals surface area contributed by atoms with Gasteiger partial charge in [-0.2, -0.15) is 0 Å². The molecule has 2 heterocycles. The van der Waals surface area contributed by atoms with E-state index in [1.54, 1.807) is 0 Å². The zero-order chi connectivity index (χ0) is 19.0. The second-order valence-corrected chi connectivity index (χ2v) is 10.2. The Bertz CT molecular complexity index is 924. The third kappa shape index (κ3) is 2.43. The first kappa shape index (κ1) is 17.1. The monoisotopic (exact) mass is 364 g/mol. The van der Waals surface area contributed by atoms with Crippen LogP contribution in [0.2, 0.25) is 0 Å². The third-order valence-electron chi connectivity index (χ3n) is 6.79. The third-order valence-corrected chi connectivity index (χ3v) is 6.79. The van der Waals surface area contributed by atoms with Crippen LogP contribution in [-0.2, 0) is 0 Å². The van der Waals surface area contributed by atoms with Crippen LogP contribution in [0.3, 0.4) is 0 Å². The van der Waals surface area contributed by atoms with E-state index in [0.717, 1.165) is 47.5 Å². The van der Waals surface area contributed by atoms with E-state index < -0.39 is 0 Å². The summed E-state index contributed by atoms with van der Waals surface area (Å²) in [4.78, 5) is 0. The molecule has 1 aromatic carbocycles. The van der Waals surface area contributed by atoms with Gasteiger partial charge >= 0.3 is 0 Å². The van der Waals surface area contributed by atoms with E-state index in [9.17, 15) is 5.21 Å². The van der Waals surface area contributed by atoms with Gasteiger partial charge in [0.1, 0.15) is 11.4 Å². The van der Waals surface area contributed by atoms with Crippen LogP contribution in [0.1, 0.15) is 77.3 Å². The molecule has 4 aliphatic rings. The summed E-state index contributed by atoms with van der Waals surface area (Å²) in [5, 5.41) is 11.2. The molecule has 2 aliphatic carbocycles. The van der Waals surface area contributed by atoms with Gasteiger partial charge in [0, 0.05) is 4.74 Å². The molecule has 0 radical (unpaired) electrons. The van der Waals surface area contributed by atoms with Crippen molar-refractivity contribution in [2.45, 2.75) is 71.8 Å². The van der Waals surface area contributed by atoms with Crippen LogP contribution in [-0.4, -0.2) is 21.3 Å². The first-order chi connectivity index (χ1) is 12.7. The molecule has 27 heavy (non-hydrogen) atoms. The Kier molecular flexibility index (Phi) is 3.34. The molecule has 3 nitrogen and oxygen atoms in total. The second-order valence-electron chi connectivity index (χ2n) is 10.2. The van der Waals surface area contributed by atoms with E-state index in [-0.39, 0.29) is 16.4 Å². The van der Waals surface area contributed by atoms with E-state index in [1.165, 1.54) is 29.6 Å². The molecular formula is C24H30NO2+.